The number of quaternary nitrogens is 1. The molecule has 2 atom stereocenters. The number of rotatable bonds is 4. The molecule has 1 aliphatic carbocycles. The number of carbonyl (C=O) groups excluding carboxylic acids is 1. The van der Waals surface area contributed by atoms with Crippen molar-refractivity contribution in [2.75, 3.05) is 45.8 Å². The predicted molar refractivity (Wildman–Crippen MR) is 117 cm³/mol. The van der Waals surface area contributed by atoms with Crippen molar-refractivity contribution in [3.8, 4) is 0 Å². The standard InChI is InChI=1S/C23H35N3O3S/c1-18-7-8-22(19(2)15-18)30(28,29)26-13-11-24(12-14-26)17-23(27)25-10-9-20-5-3-4-6-21(20)16-25/h7-8,15,20-21H,3-6,9-14,16-17H2,1-2H3/p+1/t20-,21+/m1/s1. The second kappa shape index (κ2) is 8.97. The number of piperazine rings is 1. The van der Waals surface area contributed by atoms with Crippen LogP contribution in [0.5, 0.6) is 0 Å². The molecule has 3 aliphatic rings. The first kappa shape index (κ1) is 21.8. The topological polar surface area (TPSA) is 62.1 Å². The molecule has 6 nitrogen and oxygen atoms in total. The minimum atomic E-state index is -3.47. The summed E-state index contributed by atoms with van der Waals surface area (Å²) >= 11 is 0. The zero-order valence-electron chi connectivity index (χ0n) is 18.4. The largest absolute Gasteiger partial charge is 0.338 e. The minimum absolute atomic E-state index is 0.250. The number of sulfonamides is 1. The fourth-order valence-electron chi connectivity index (χ4n) is 5.60. The van der Waals surface area contributed by atoms with Crippen LogP contribution in [0.4, 0.5) is 0 Å². The second-order valence-electron chi connectivity index (χ2n) is 9.53. The van der Waals surface area contributed by atoms with Gasteiger partial charge in [-0.25, -0.2) is 8.42 Å². The number of amides is 1. The summed E-state index contributed by atoms with van der Waals surface area (Å²) in [5, 5.41) is 0. The van der Waals surface area contributed by atoms with E-state index in [-0.39, 0.29) is 5.91 Å². The summed E-state index contributed by atoms with van der Waals surface area (Å²) in [5.41, 5.74) is 1.86. The predicted octanol–water partition coefficient (Wildman–Crippen LogP) is 1.23. The van der Waals surface area contributed by atoms with Gasteiger partial charge in [0.25, 0.3) is 5.91 Å². The highest BCUT2D eigenvalue weighted by Gasteiger charge is 2.36. The molecule has 2 heterocycles. The molecule has 30 heavy (non-hydrogen) atoms. The third kappa shape index (κ3) is 4.58. The van der Waals surface area contributed by atoms with Gasteiger partial charge in [0.05, 0.1) is 31.1 Å². The number of piperidine rings is 1. The Balaban J connectivity index is 1.30. The average molecular weight is 435 g/mol. The molecule has 3 fully saturated rings. The second-order valence-corrected chi connectivity index (χ2v) is 11.4. The van der Waals surface area contributed by atoms with Gasteiger partial charge in [-0.05, 0) is 50.2 Å². The minimum Gasteiger partial charge on any atom is -0.338 e. The summed E-state index contributed by atoms with van der Waals surface area (Å²) in [6.07, 6.45) is 6.44. The molecular formula is C23H36N3O3S+. The molecule has 0 aromatic heterocycles. The van der Waals surface area contributed by atoms with E-state index in [0.717, 1.165) is 36.6 Å². The van der Waals surface area contributed by atoms with Gasteiger partial charge >= 0.3 is 0 Å². The zero-order chi connectivity index (χ0) is 21.3. The van der Waals surface area contributed by atoms with Crippen LogP contribution in [0.3, 0.4) is 0 Å². The van der Waals surface area contributed by atoms with Crippen LogP contribution in [0, 0.1) is 25.7 Å². The molecule has 2 aliphatic heterocycles. The summed E-state index contributed by atoms with van der Waals surface area (Å²) in [6.45, 7) is 8.49. The van der Waals surface area contributed by atoms with Crippen molar-refractivity contribution >= 4 is 15.9 Å². The molecule has 1 amide bonds. The summed E-state index contributed by atoms with van der Waals surface area (Å²) in [7, 11) is -3.47. The molecule has 7 heteroatoms. The van der Waals surface area contributed by atoms with Crippen molar-refractivity contribution in [2.45, 2.75) is 50.8 Å². The number of carbonyl (C=O) groups is 1. The number of hydrogen-bond donors (Lipinski definition) is 1. The molecule has 1 saturated carbocycles. The van der Waals surface area contributed by atoms with E-state index < -0.39 is 10.0 Å². The Morgan fingerprint density at radius 2 is 1.73 bits per heavy atom. The molecule has 2 saturated heterocycles. The highest BCUT2D eigenvalue weighted by Crippen LogP contribution is 2.35. The van der Waals surface area contributed by atoms with Gasteiger partial charge < -0.3 is 9.80 Å². The summed E-state index contributed by atoms with van der Waals surface area (Å²) in [6, 6.07) is 5.50. The number of nitrogens with zero attached hydrogens (tertiary/aromatic N) is 2. The Morgan fingerprint density at radius 3 is 2.43 bits per heavy atom. The Labute approximate surface area is 181 Å². The molecule has 0 unspecified atom stereocenters. The Hall–Kier alpha value is -1.44. The van der Waals surface area contributed by atoms with Crippen molar-refractivity contribution < 1.29 is 18.1 Å². The molecule has 1 aromatic rings. The highest BCUT2D eigenvalue weighted by atomic mass is 32.2. The van der Waals surface area contributed by atoms with Crippen LogP contribution in [0.1, 0.15) is 43.2 Å². The molecule has 0 bridgehead atoms. The summed E-state index contributed by atoms with van der Waals surface area (Å²) < 4.78 is 27.7. The third-order valence-electron chi connectivity index (χ3n) is 7.42. The maximum atomic E-state index is 13.1. The Bertz CT molecular complexity index is 878. The van der Waals surface area contributed by atoms with Gasteiger partial charge in [-0.2, -0.15) is 4.31 Å². The van der Waals surface area contributed by atoms with Crippen molar-refractivity contribution in [1.29, 1.82) is 0 Å². The lowest BCUT2D eigenvalue weighted by atomic mass is 9.75. The first-order valence-corrected chi connectivity index (χ1v) is 13.0. The molecule has 1 N–H and O–H groups in total. The van der Waals surface area contributed by atoms with Gasteiger partial charge in [0.15, 0.2) is 6.54 Å². The fraction of sp³-hybridized carbons (Fsp3) is 0.696. The molecule has 166 valence electrons. The number of hydrogen-bond acceptors (Lipinski definition) is 3. The van der Waals surface area contributed by atoms with E-state index in [1.807, 2.05) is 26.0 Å². The van der Waals surface area contributed by atoms with E-state index in [4.69, 9.17) is 0 Å². The van der Waals surface area contributed by atoms with Crippen LogP contribution in [0.25, 0.3) is 0 Å². The van der Waals surface area contributed by atoms with E-state index in [9.17, 15) is 13.2 Å². The van der Waals surface area contributed by atoms with Crippen LogP contribution in [-0.4, -0.2) is 69.3 Å². The number of likely N-dealkylation sites (tertiary alicyclic amines) is 1. The van der Waals surface area contributed by atoms with E-state index in [0.29, 0.717) is 43.5 Å². The molecule has 4 rings (SSSR count). The molecule has 0 spiro atoms. The lowest BCUT2D eigenvalue weighted by molar-refractivity contribution is -0.896. The highest BCUT2D eigenvalue weighted by molar-refractivity contribution is 7.89. The summed E-state index contributed by atoms with van der Waals surface area (Å²) in [5.74, 6) is 1.78. The van der Waals surface area contributed by atoms with Crippen molar-refractivity contribution in [3.05, 3.63) is 29.3 Å². The van der Waals surface area contributed by atoms with E-state index >= 15 is 0 Å². The van der Waals surface area contributed by atoms with Crippen molar-refractivity contribution in [1.82, 2.24) is 9.21 Å². The average Bonchev–Trinajstić information content (AvgIpc) is 2.73. The maximum Gasteiger partial charge on any atom is 0.277 e. The van der Waals surface area contributed by atoms with Gasteiger partial charge in [0, 0.05) is 13.1 Å². The van der Waals surface area contributed by atoms with Crippen LogP contribution in [0.15, 0.2) is 23.1 Å². The smallest absolute Gasteiger partial charge is 0.277 e. The van der Waals surface area contributed by atoms with Crippen LogP contribution in [-0.2, 0) is 14.8 Å². The molecule has 1 aromatic carbocycles. The van der Waals surface area contributed by atoms with Gasteiger partial charge in [-0.3, -0.25) is 4.79 Å². The van der Waals surface area contributed by atoms with E-state index in [1.165, 1.54) is 30.6 Å². The number of nitrogens with one attached hydrogen (secondary N) is 1. The normalized spacial score (nSPS) is 26.4. The zero-order valence-corrected chi connectivity index (χ0v) is 19.2. The van der Waals surface area contributed by atoms with Gasteiger partial charge in [-0.1, -0.05) is 37.0 Å². The van der Waals surface area contributed by atoms with Gasteiger partial charge in [-0.15, -0.1) is 0 Å². The third-order valence-corrected chi connectivity index (χ3v) is 9.48. The van der Waals surface area contributed by atoms with Gasteiger partial charge in [0.2, 0.25) is 10.0 Å². The quantitative estimate of drug-likeness (QED) is 0.775. The number of benzene rings is 1. The number of aryl methyl sites for hydroxylation is 2. The lowest BCUT2D eigenvalue weighted by Gasteiger charge is -2.41. The number of fused-ring (bicyclic) bond motifs is 1. The fourth-order valence-corrected chi connectivity index (χ4v) is 7.25. The molecular weight excluding hydrogens is 398 g/mol. The van der Waals surface area contributed by atoms with Gasteiger partial charge in [0.1, 0.15) is 0 Å². The Morgan fingerprint density at radius 1 is 1.03 bits per heavy atom. The first-order valence-electron chi connectivity index (χ1n) is 11.5. The monoisotopic (exact) mass is 434 g/mol. The first-order chi connectivity index (χ1) is 14.3. The maximum absolute atomic E-state index is 13.1. The van der Waals surface area contributed by atoms with E-state index in [2.05, 4.69) is 4.90 Å². The van der Waals surface area contributed by atoms with Crippen molar-refractivity contribution in [2.24, 2.45) is 11.8 Å². The van der Waals surface area contributed by atoms with Crippen LogP contribution < -0.4 is 4.90 Å². The van der Waals surface area contributed by atoms with Crippen LogP contribution in [0.2, 0.25) is 0 Å². The Kier molecular flexibility index (Phi) is 6.51. The lowest BCUT2D eigenvalue weighted by Crippen LogP contribution is -3.15. The molecule has 0 radical (unpaired) electrons. The van der Waals surface area contributed by atoms with Crippen LogP contribution >= 0.6 is 0 Å². The van der Waals surface area contributed by atoms with E-state index in [1.54, 1.807) is 10.4 Å². The summed E-state index contributed by atoms with van der Waals surface area (Å²) in [4.78, 5) is 16.6. The SMILES string of the molecule is Cc1ccc(S(=O)(=O)N2CC[NH+](CC(=O)N3CC[C@H]4CCCC[C@H]4C3)CC2)c(C)c1. The van der Waals surface area contributed by atoms with Crippen molar-refractivity contribution in [3.63, 3.8) is 0 Å².